The van der Waals surface area contributed by atoms with E-state index in [1.54, 1.807) is 16.8 Å². The standard InChI is InChI=1S/C12H17N5O2S/c1-8-11(7-17(3)16-8)15-9-4-5-12(10(13)6-9)20(18,19)14-2/h4-7,14-15H,13H2,1-3H3. The third-order valence-corrected chi connectivity index (χ3v) is 4.35. The van der Waals surface area contributed by atoms with Crippen LogP contribution in [0.5, 0.6) is 0 Å². The van der Waals surface area contributed by atoms with Crippen molar-refractivity contribution in [1.82, 2.24) is 14.5 Å². The number of hydrogen-bond acceptors (Lipinski definition) is 5. The van der Waals surface area contributed by atoms with Crippen LogP contribution >= 0.6 is 0 Å². The Bertz CT molecular complexity index is 736. The van der Waals surface area contributed by atoms with E-state index in [1.165, 1.54) is 13.1 Å². The van der Waals surface area contributed by atoms with Crippen LogP contribution in [0.15, 0.2) is 29.3 Å². The van der Waals surface area contributed by atoms with Crippen LogP contribution in [0.1, 0.15) is 5.69 Å². The molecule has 0 aliphatic heterocycles. The Morgan fingerprint density at radius 2 is 2.05 bits per heavy atom. The molecule has 0 aliphatic carbocycles. The molecule has 20 heavy (non-hydrogen) atoms. The van der Waals surface area contributed by atoms with Gasteiger partial charge >= 0.3 is 0 Å². The summed E-state index contributed by atoms with van der Waals surface area (Å²) in [6.07, 6.45) is 1.84. The Labute approximate surface area is 117 Å². The van der Waals surface area contributed by atoms with E-state index in [0.29, 0.717) is 5.69 Å². The number of aryl methyl sites for hydroxylation is 2. The highest BCUT2D eigenvalue weighted by molar-refractivity contribution is 7.89. The summed E-state index contributed by atoms with van der Waals surface area (Å²) in [5.74, 6) is 0. The van der Waals surface area contributed by atoms with E-state index in [1.807, 2.05) is 20.2 Å². The molecule has 1 heterocycles. The van der Waals surface area contributed by atoms with E-state index in [4.69, 9.17) is 5.73 Å². The first kappa shape index (κ1) is 14.4. The summed E-state index contributed by atoms with van der Waals surface area (Å²) in [6.45, 7) is 1.88. The minimum Gasteiger partial charge on any atom is -0.398 e. The number of benzene rings is 1. The number of nitrogens with one attached hydrogen (secondary N) is 2. The molecule has 0 unspecified atom stereocenters. The largest absolute Gasteiger partial charge is 0.398 e. The van der Waals surface area contributed by atoms with Crippen LogP contribution in [0.25, 0.3) is 0 Å². The molecule has 1 aromatic heterocycles. The van der Waals surface area contributed by atoms with Gasteiger partial charge in [-0.3, -0.25) is 4.68 Å². The highest BCUT2D eigenvalue weighted by atomic mass is 32.2. The molecule has 8 heteroatoms. The van der Waals surface area contributed by atoms with Crippen LogP contribution in [0.4, 0.5) is 17.1 Å². The molecule has 0 saturated carbocycles. The summed E-state index contributed by atoms with van der Waals surface area (Å²) in [5, 5.41) is 7.37. The van der Waals surface area contributed by atoms with E-state index >= 15 is 0 Å². The number of rotatable bonds is 4. The Balaban J connectivity index is 2.33. The SMILES string of the molecule is CNS(=O)(=O)c1ccc(Nc2cn(C)nc2C)cc1N. The number of sulfonamides is 1. The van der Waals surface area contributed by atoms with Gasteiger partial charge < -0.3 is 11.1 Å². The molecule has 0 atom stereocenters. The summed E-state index contributed by atoms with van der Waals surface area (Å²) in [5.41, 5.74) is 8.38. The van der Waals surface area contributed by atoms with Crippen molar-refractivity contribution >= 4 is 27.1 Å². The number of nitrogen functional groups attached to an aromatic ring is 1. The van der Waals surface area contributed by atoms with Crippen LogP contribution in [0.2, 0.25) is 0 Å². The smallest absolute Gasteiger partial charge is 0.242 e. The first-order valence-corrected chi connectivity index (χ1v) is 7.42. The third kappa shape index (κ3) is 2.75. The van der Waals surface area contributed by atoms with Gasteiger partial charge in [0.1, 0.15) is 4.90 Å². The van der Waals surface area contributed by atoms with Crippen LogP contribution in [-0.2, 0) is 17.1 Å². The van der Waals surface area contributed by atoms with Gasteiger partial charge in [-0.05, 0) is 32.2 Å². The Hall–Kier alpha value is -2.06. The summed E-state index contributed by atoms with van der Waals surface area (Å²) in [4.78, 5) is 0.0634. The molecule has 1 aromatic carbocycles. The second kappa shape index (κ2) is 5.14. The molecule has 0 spiro atoms. The lowest BCUT2D eigenvalue weighted by Gasteiger charge is -2.10. The molecule has 4 N–H and O–H groups in total. The predicted molar refractivity (Wildman–Crippen MR) is 78.3 cm³/mol. The van der Waals surface area contributed by atoms with E-state index in [-0.39, 0.29) is 10.6 Å². The van der Waals surface area contributed by atoms with E-state index in [0.717, 1.165) is 11.4 Å². The van der Waals surface area contributed by atoms with Crippen molar-refractivity contribution in [3.05, 3.63) is 30.1 Å². The van der Waals surface area contributed by atoms with Gasteiger partial charge in [0.05, 0.1) is 17.1 Å². The zero-order valence-corrected chi connectivity index (χ0v) is 12.3. The lowest BCUT2D eigenvalue weighted by molar-refractivity contribution is 0.588. The summed E-state index contributed by atoms with van der Waals surface area (Å²) in [7, 11) is -0.366. The van der Waals surface area contributed by atoms with Gasteiger partial charge in [-0.15, -0.1) is 0 Å². The molecule has 0 fully saturated rings. The average Bonchev–Trinajstić information content (AvgIpc) is 2.67. The third-order valence-electron chi connectivity index (χ3n) is 2.86. The number of hydrogen-bond donors (Lipinski definition) is 3. The monoisotopic (exact) mass is 295 g/mol. The minimum atomic E-state index is -3.54. The number of anilines is 3. The van der Waals surface area contributed by atoms with E-state index in [2.05, 4.69) is 15.1 Å². The molecule has 0 saturated heterocycles. The van der Waals surface area contributed by atoms with E-state index < -0.39 is 10.0 Å². The summed E-state index contributed by atoms with van der Waals surface area (Å²) >= 11 is 0. The van der Waals surface area contributed by atoms with Gasteiger partial charge in [0, 0.05) is 18.9 Å². The fraction of sp³-hybridized carbons (Fsp3) is 0.250. The van der Waals surface area contributed by atoms with Crippen LogP contribution < -0.4 is 15.8 Å². The van der Waals surface area contributed by atoms with Crippen molar-refractivity contribution in [3.63, 3.8) is 0 Å². The fourth-order valence-electron chi connectivity index (χ4n) is 1.86. The molecule has 0 aliphatic rings. The molecule has 2 aromatic rings. The molecule has 0 radical (unpaired) electrons. The molecule has 108 valence electrons. The van der Waals surface area contributed by atoms with Gasteiger partial charge in [-0.2, -0.15) is 5.10 Å². The highest BCUT2D eigenvalue weighted by Gasteiger charge is 2.15. The molecule has 0 amide bonds. The van der Waals surface area contributed by atoms with Crippen LogP contribution in [-0.4, -0.2) is 25.2 Å². The normalized spacial score (nSPS) is 11.6. The quantitative estimate of drug-likeness (QED) is 0.729. The maximum atomic E-state index is 11.7. The van der Waals surface area contributed by atoms with Gasteiger partial charge in [0.15, 0.2) is 0 Å². The van der Waals surface area contributed by atoms with Crippen molar-refractivity contribution < 1.29 is 8.42 Å². The van der Waals surface area contributed by atoms with Crippen molar-refractivity contribution in [2.24, 2.45) is 7.05 Å². The van der Waals surface area contributed by atoms with Crippen molar-refractivity contribution in [1.29, 1.82) is 0 Å². The minimum absolute atomic E-state index is 0.0634. The average molecular weight is 295 g/mol. The van der Waals surface area contributed by atoms with Gasteiger partial charge in [0.25, 0.3) is 0 Å². The fourth-order valence-corrected chi connectivity index (χ4v) is 2.70. The first-order valence-electron chi connectivity index (χ1n) is 5.94. The van der Waals surface area contributed by atoms with Crippen LogP contribution in [0, 0.1) is 6.92 Å². The second-order valence-electron chi connectivity index (χ2n) is 4.39. The highest BCUT2D eigenvalue weighted by Crippen LogP contribution is 2.25. The zero-order chi connectivity index (χ0) is 14.9. The molecule has 2 rings (SSSR count). The summed E-state index contributed by atoms with van der Waals surface area (Å²) < 4.78 is 27.4. The maximum absolute atomic E-state index is 11.7. The lowest BCUT2D eigenvalue weighted by atomic mass is 10.2. The van der Waals surface area contributed by atoms with Gasteiger partial charge in [0.2, 0.25) is 10.0 Å². The maximum Gasteiger partial charge on any atom is 0.242 e. The molecule has 7 nitrogen and oxygen atoms in total. The first-order chi connectivity index (χ1) is 9.33. The van der Waals surface area contributed by atoms with E-state index in [9.17, 15) is 8.42 Å². The predicted octanol–water partition coefficient (Wildman–Crippen LogP) is 0.962. The Morgan fingerprint density at radius 1 is 1.35 bits per heavy atom. The van der Waals surface area contributed by atoms with Crippen molar-refractivity contribution in [3.8, 4) is 0 Å². The topological polar surface area (TPSA) is 102 Å². The Morgan fingerprint density at radius 3 is 2.55 bits per heavy atom. The van der Waals surface area contributed by atoms with Gasteiger partial charge in [-0.25, -0.2) is 13.1 Å². The molecular weight excluding hydrogens is 278 g/mol. The Kier molecular flexibility index (Phi) is 3.69. The number of aromatic nitrogens is 2. The van der Waals surface area contributed by atoms with Crippen LogP contribution in [0.3, 0.4) is 0 Å². The number of nitrogens with two attached hydrogens (primary N) is 1. The molecular formula is C12H17N5O2S. The van der Waals surface area contributed by atoms with Crippen molar-refractivity contribution in [2.45, 2.75) is 11.8 Å². The zero-order valence-electron chi connectivity index (χ0n) is 11.5. The summed E-state index contributed by atoms with van der Waals surface area (Å²) in [6, 6.07) is 4.71. The molecule has 0 bridgehead atoms. The lowest BCUT2D eigenvalue weighted by Crippen LogP contribution is -2.19. The second-order valence-corrected chi connectivity index (χ2v) is 6.24. The van der Waals surface area contributed by atoms with Gasteiger partial charge in [-0.1, -0.05) is 0 Å². The van der Waals surface area contributed by atoms with Crippen molar-refractivity contribution in [2.75, 3.05) is 18.1 Å². The number of nitrogens with zero attached hydrogens (tertiary/aromatic N) is 2.